The van der Waals surface area contributed by atoms with Crippen molar-refractivity contribution < 1.29 is 8.81 Å². The van der Waals surface area contributed by atoms with E-state index in [4.69, 9.17) is 4.42 Å². The molecule has 2 aromatic carbocycles. The third-order valence-electron chi connectivity index (χ3n) is 4.89. The summed E-state index contributed by atoms with van der Waals surface area (Å²) in [7, 11) is 0. The van der Waals surface area contributed by atoms with Gasteiger partial charge in [0.05, 0.1) is 5.52 Å². The molecule has 29 heavy (non-hydrogen) atoms. The van der Waals surface area contributed by atoms with Crippen molar-refractivity contribution in [2.45, 2.75) is 27.7 Å². The number of nitrogens with one attached hydrogen (secondary N) is 3. The van der Waals surface area contributed by atoms with Gasteiger partial charge in [-0.05, 0) is 62.6 Å². The highest BCUT2D eigenvalue weighted by Gasteiger charge is 2.12. The molecule has 4 aromatic rings. The Kier molecular flexibility index (Phi) is 4.54. The second-order valence-electron chi connectivity index (χ2n) is 7.06. The number of hydrogen-bond acceptors (Lipinski definition) is 6. The van der Waals surface area contributed by atoms with Crippen LogP contribution in [0.25, 0.3) is 11.1 Å². The Bertz CT molecular complexity index is 1270. The topological polar surface area (TPSA) is 95.8 Å². The fourth-order valence-electron chi connectivity index (χ4n) is 3.09. The maximum absolute atomic E-state index is 14.2. The zero-order valence-electron chi connectivity index (χ0n) is 16.5. The number of anilines is 4. The lowest BCUT2D eigenvalue weighted by Gasteiger charge is -2.13. The Morgan fingerprint density at radius 2 is 1.66 bits per heavy atom. The van der Waals surface area contributed by atoms with Crippen LogP contribution in [0, 0.1) is 33.5 Å². The third kappa shape index (κ3) is 3.69. The first kappa shape index (κ1) is 18.7. The third-order valence-corrected chi connectivity index (χ3v) is 4.89. The average molecular weight is 393 g/mol. The highest BCUT2D eigenvalue weighted by Crippen LogP contribution is 2.26. The van der Waals surface area contributed by atoms with E-state index in [2.05, 4.69) is 46.4 Å². The van der Waals surface area contributed by atoms with Crippen LogP contribution in [0.2, 0.25) is 0 Å². The maximum Gasteiger partial charge on any atom is 0.417 e. The van der Waals surface area contributed by atoms with Crippen LogP contribution in [-0.2, 0) is 0 Å². The van der Waals surface area contributed by atoms with Gasteiger partial charge in [-0.2, -0.15) is 4.98 Å². The van der Waals surface area contributed by atoms with Crippen molar-refractivity contribution in [2.75, 3.05) is 10.6 Å². The van der Waals surface area contributed by atoms with Crippen molar-refractivity contribution in [3.05, 3.63) is 69.1 Å². The molecular formula is C21H20FN5O2. The normalized spacial score (nSPS) is 11.1. The lowest BCUT2D eigenvalue weighted by atomic mass is 10.0. The van der Waals surface area contributed by atoms with Gasteiger partial charge in [0.2, 0.25) is 5.95 Å². The predicted octanol–water partition coefficient (Wildman–Crippen LogP) is 4.77. The molecule has 0 aliphatic carbocycles. The van der Waals surface area contributed by atoms with E-state index < -0.39 is 11.6 Å². The summed E-state index contributed by atoms with van der Waals surface area (Å²) in [6, 6.07) is 6.92. The number of fused-ring (bicyclic) bond motifs is 1. The predicted molar refractivity (Wildman–Crippen MR) is 111 cm³/mol. The van der Waals surface area contributed by atoms with E-state index in [0.29, 0.717) is 17.5 Å². The molecule has 8 heteroatoms. The van der Waals surface area contributed by atoms with Gasteiger partial charge in [-0.25, -0.2) is 14.2 Å². The quantitative estimate of drug-likeness (QED) is 0.462. The number of aromatic amines is 1. The fraction of sp³-hybridized carbons (Fsp3) is 0.190. The van der Waals surface area contributed by atoms with E-state index >= 15 is 0 Å². The molecule has 0 fully saturated rings. The standard InChI is InChI=1S/C21H20FN5O2/c1-10-5-14(6-11(2)13(10)4)25-20-23-9-12(3)19(27-20)24-15-7-16(22)18-17(8-15)26-21(28)29-18/h5-9H,1-4H3,(H,26,28)(H2,23,24,25,27). The second-order valence-corrected chi connectivity index (χ2v) is 7.06. The minimum atomic E-state index is -0.704. The lowest BCUT2D eigenvalue weighted by molar-refractivity contribution is 0.523. The zero-order chi connectivity index (χ0) is 20.7. The first-order valence-electron chi connectivity index (χ1n) is 9.08. The zero-order valence-corrected chi connectivity index (χ0v) is 16.5. The van der Waals surface area contributed by atoms with Crippen molar-refractivity contribution in [3.8, 4) is 0 Å². The number of benzene rings is 2. The Morgan fingerprint density at radius 1 is 0.966 bits per heavy atom. The van der Waals surface area contributed by atoms with Gasteiger partial charge in [-0.1, -0.05) is 0 Å². The van der Waals surface area contributed by atoms with Crippen molar-refractivity contribution in [2.24, 2.45) is 0 Å². The number of oxazole rings is 1. The molecule has 0 bridgehead atoms. The highest BCUT2D eigenvalue weighted by atomic mass is 19.1. The van der Waals surface area contributed by atoms with E-state index in [9.17, 15) is 9.18 Å². The maximum atomic E-state index is 14.2. The molecule has 2 heterocycles. The first-order chi connectivity index (χ1) is 13.8. The van der Waals surface area contributed by atoms with Crippen LogP contribution < -0.4 is 16.4 Å². The Hall–Kier alpha value is -3.68. The van der Waals surface area contributed by atoms with Gasteiger partial charge in [-0.3, -0.25) is 4.98 Å². The molecule has 0 amide bonds. The van der Waals surface area contributed by atoms with Crippen LogP contribution in [0.1, 0.15) is 22.3 Å². The minimum absolute atomic E-state index is 0.104. The number of halogens is 1. The molecule has 2 aromatic heterocycles. The molecule has 148 valence electrons. The molecular weight excluding hydrogens is 373 g/mol. The lowest BCUT2D eigenvalue weighted by Crippen LogP contribution is -2.03. The number of H-pyrrole nitrogens is 1. The summed E-state index contributed by atoms with van der Waals surface area (Å²) >= 11 is 0. The van der Waals surface area contributed by atoms with Crippen molar-refractivity contribution in [1.82, 2.24) is 15.0 Å². The molecule has 0 aliphatic heterocycles. The van der Waals surface area contributed by atoms with Crippen LogP contribution in [0.5, 0.6) is 0 Å². The summed E-state index contributed by atoms with van der Waals surface area (Å²) in [4.78, 5) is 22.6. The summed E-state index contributed by atoms with van der Waals surface area (Å²) in [6.45, 7) is 8.05. The molecule has 0 atom stereocenters. The van der Waals surface area contributed by atoms with E-state index in [1.165, 1.54) is 22.8 Å². The highest BCUT2D eigenvalue weighted by molar-refractivity contribution is 5.79. The van der Waals surface area contributed by atoms with E-state index in [0.717, 1.165) is 11.3 Å². The summed E-state index contributed by atoms with van der Waals surface area (Å²) in [5.41, 5.74) is 5.88. The second kappa shape index (κ2) is 7.05. The summed E-state index contributed by atoms with van der Waals surface area (Å²) in [6.07, 6.45) is 1.68. The van der Waals surface area contributed by atoms with Crippen molar-refractivity contribution in [3.63, 3.8) is 0 Å². The van der Waals surface area contributed by atoms with E-state index in [1.807, 2.05) is 19.1 Å². The molecule has 0 radical (unpaired) electrons. The number of aromatic nitrogens is 3. The van der Waals surface area contributed by atoms with Crippen LogP contribution in [-0.4, -0.2) is 15.0 Å². The van der Waals surface area contributed by atoms with Crippen LogP contribution in [0.3, 0.4) is 0 Å². The monoisotopic (exact) mass is 393 g/mol. The molecule has 7 nitrogen and oxygen atoms in total. The Labute approximate surface area is 166 Å². The van der Waals surface area contributed by atoms with Crippen LogP contribution in [0.4, 0.5) is 27.5 Å². The molecule has 4 rings (SSSR count). The summed E-state index contributed by atoms with van der Waals surface area (Å²) in [5.74, 6) is -0.407. The van der Waals surface area contributed by atoms with Gasteiger partial charge in [0.25, 0.3) is 0 Å². The molecule has 0 saturated heterocycles. The van der Waals surface area contributed by atoms with E-state index in [-0.39, 0.29) is 11.1 Å². The molecule has 0 spiro atoms. The SMILES string of the molecule is Cc1cnc(Nc2cc(C)c(C)c(C)c2)nc1Nc1cc(F)c2oc(=O)[nH]c2c1. The Balaban J connectivity index is 1.64. The van der Waals surface area contributed by atoms with Gasteiger partial charge >= 0.3 is 5.76 Å². The number of hydrogen-bond donors (Lipinski definition) is 3. The number of aryl methyl sites for hydroxylation is 3. The van der Waals surface area contributed by atoms with Crippen LogP contribution >= 0.6 is 0 Å². The first-order valence-corrected chi connectivity index (χ1v) is 9.08. The largest absolute Gasteiger partial charge is 0.417 e. The molecule has 0 aliphatic rings. The average Bonchev–Trinajstić information content (AvgIpc) is 3.03. The smallest absolute Gasteiger partial charge is 0.405 e. The van der Waals surface area contributed by atoms with Gasteiger partial charge in [0, 0.05) is 29.2 Å². The molecule has 0 unspecified atom stereocenters. The number of rotatable bonds is 4. The van der Waals surface area contributed by atoms with Crippen molar-refractivity contribution in [1.29, 1.82) is 0 Å². The molecule has 3 N–H and O–H groups in total. The van der Waals surface area contributed by atoms with Gasteiger partial charge in [0.1, 0.15) is 5.82 Å². The van der Waals surface area contributed by atoms with Crippen LogP contribution in [0.15, 0.2) is 39.7 Å². The van der Waals surface area contributed by atoms with E-state index in [1.54, 1.807) is 12.3 Å². The fourth-order valence-corrected chi connectivity index (χ4v) is 3.09. The summed E-state index contributed by atoms with van der Waals surface area (Å²) < 4.78 is 19.0. The molecule has 0 saturated carbocycles. The van der Waals surface area contributed by atoms with Gasteiger partial charge in [0.15, 0.2) is 11.4 Å². The number of nitrogens with zero attached hydrogens (tertiary/aromatic N) is 2. The minimum Gasteiger partial charge on any atom is -0.405 e. The van der Waals surface area contributed by atoms with Gasteiger partial charge in [-0.15, -0.1) is 0 Å². The van der Waals surface area contributed by atoms with Gasteiger partial charge < -0.3 is 15.1 Å². The van der Waals surface area contributed by atoms with Crippen molar-refractivity contribution >= 4 is 34.2 Å². The summed E-state index contributed by atoms with van der Waals surface area (Å²) in [5, 5.41) is 6.29. The Morgan fingerprint density at radius 3 is 2.38 bits per heavy atom.